The topological polar surface area (TPSA) is 88.5 Å². The highest BCUT2D eigenvalue weighted by molar-refractivity contribution is 7.80. The molecule has 4 aromatic rings. The maximum Gasteiger partial charge on any atom is 0.339 e. The van der Waals surface area contributed by atoms with Gasteiger partial charge in [0.05, 0.1) is 36.1 Å². The minimum atomic E-state index is -0.420. The molecule has 8 nitrogen and oxygen atoms in total. The van der Waals surface area contributed by atoms with Crippen LogP contribution in [0.5, 0.6) is 0 Å². The van der Waals surface area contributed by atoms with Crippen LogP contribution in [0.15, 0.2) is 91.3 Å². The molecular formula is C30H29N5O3S. The largest absolute Gasteiger partial charge is 0.465 e. The quantitative estimate of drug-likeness (QED) is 0.241. The number of hydrogen-bond acceptors (Lipinski definition) is 5. The molecule has 1 aliphatic rings. The third kappa shape index (κ3) is 5.39. The molecule has 5 rings (SSSR count). The van der Waals surface area contributed by atoms with Crippen LogP contribution in [0.2, 0.25) is 0 Å². The number of esters is 1. The Morgan fingerprint density at radius 3 is 2.56 bits per heavy atom. The Labute approximate surface area is 232 Å². The lowest BCUT2D eigenvalue weighted by atomic mass is 10.0. The van der Waals surface area contributed by atoms with Gasteiger partial charge in [-0.2, -0.15) is 0 Å². The van der Waals surface area contributed by atoms with Crippen LogP contribution >= 0.6 is 12.2 Å². The molecule has 3 heterocycles. The van der Waals surface area contributed by atoms with Gasteiger partial charge in [-0.3, -0.25) is 9.78 Å². The fraction of sp³-hybridized carbons (Fsp3) is 0.200. The predicted octanol–water partition coefficient (Wildman–Crippen LogP) is 4.97. The lowest BCUT2D eigenvalue weighted by Crippen LogP contribution is -2.33. The van der Waals surface area contributed by atoms with Crippen LogP contribution in [0.25, 0.3) is 5.69 Å². The number of para-hydroxylation sites is 2. The number of carbonyl (C=O) groups excluding carboxylic acids is 2. The van der Waals surface area contributed by atoms with Gasteiger partial charge in [0.1, 0.15) is 0 Å². The molecule has 1 amide bonds. The first-order valence-electron chi connectivity index (χ1n) is 12.7. The number of anilines is 1. The van der Waals surface area contributed by atoms with Crippen molar-refractivity contribution in [2.24, 2.45) is 0 Å². The van der Waals surface area contributed by atoms with Crippen LogP contribution < -0.4 is 10.6 Å². The Kier molecular flexibility index (Phi) is 7.69. The fourth-order valence-electron chi connectivity index (χ4n) is 4.94. The minimum absolute atomic E-state index is 0.0986. The van der Waals surface area contributed by atoms with Crippen molar-refractivity contribution in [1.82, 2.24) is 19.8 Å². The number of aryl methyl sites for hydroxylation is 1. The van der Waals surface area contributed by atoms with E-state index in [-0.39, 0.29) is 24.4 Å². The Morgan fingerprint density at radius 1 is 1.03 bits per heavy atom. The van der Waals surface area contributed by atoms with Crippen molar-refractivity contribution in [1.29, 1.82) is 0 Å². The molecule has 0 bridgehead atoms. The maximum atomic E-state index is 12.9. The number of methoxy groups -OCH3 is 1. The zero-order valence-electron chi connectivity index (χ0n) is 21.7. The van der Waals surface area contributed by atoms with Gasteiger partial charge in [0.25, 0.3) is 0 Å². The van der Waals surface area contributed by atoms with E-state index >= 15 is 0 Å². The van der Waals surface area contributed by atoms with Crippen molar-refractivity contribution in [2.75, 3.05) is 19.0 Å². The van der Waals surface area contributed by atoms with Crippen molar-refractivity contribution in [3.05, 3.63) is 114 Å². The molecule has 2 aromatic heterocycles. The Bertz CT molecular complexity index is 1500. The summed E-state index contributed by atoms with van der Waals surface area (Å²) >= 11 is 5.79. The normalized spacial score (nSPS) is 16.6. The summed E-state index contributed by atoms with van der Waals surface area (Å²) in [5.74, 6) is -0.519. The summed E-state index contributed by atoms with van der Waals surface area (Å²) in [6.07, 6.45) is 3.90. The minimum Gasteiger partial charge on any atom is -0.465 e. The smallest absolute Gasteiger partial charge is 0.339 e. The summed E-state index contributed by atoms with van der Waals surface area (Å²) in [6.45, 7) is 2.35. The number of carbonyl (C=O) groups is 2. The number of pyridine rings is 1. The second kappa shape index (κ2) is 11.5. The summed E-state index contributed by atoms with van der Waals surface area (Å²) in [4.78, 5) is 32.2. The third-order valence-corrected chi connectivity index (χ3v) is 7.20. The van der Waals surface area contributed by atoms with Crippen molar-refractivity contribution in [3.8, 4) is 5.69 Å². The van der Waals surface area contributed by atoms with Crippen LogP contribution in [0.4, 0.5) is 5.69 Å². The number of nitrogens with zero attached hydrogens (tertiary/aromatic N) is 3. The zero-order chi connectivity index (χ0) is 27.4. The number of amides is 1. The molecule has 39 heavy (non-hydrogen) atoms. The van der Waals surface area contributed by atoms with Gasteiger partial charge in [-0.15, -0.1) is 0 Å². The summed E-state index contributed by atoms with van der Waals surface area (Å²) < 4.78 is 7.02. The van der Waals surface area contributed by atoms with Gasteiger partial charge in [-0.05, 0) is 67.2 Å². The van der Waals surface area contributed by atoms with Gasteiger partial charge < -0.3 is 24.8 Å². The van der Waals surface area contributed by atoms with Crippen LogP contribution in [0, 0.1) is 6.92 Å². The molecule has 1 saturated heterocycles. The van der Waals surface area contributed by atoms with Crippen molar-refractivity contribution >= 4 is 34.9 Å². The van der Waals surface area contributed by atoms with E-state index in [2.05, 4.69) is 15.6 Å². The number of nitrogens with one attached hydrogen (secondary N) is 2. The fourth-order valence-corrected chi connectivity index (χ4v) is 5.27. The molecule has 0 radical (unpaired) electrons. The monoisotopic (exact) mass is 539 g/mol. The molecule has 2 aromatic carbocycles. The predicted molar refractivity (Wildman–Crippen MR) is 154 cm³/mol. The highest BCUT2D eigenvalue weighted by Crippen LogP contribution is 2.40. The zero-order valence-corrected chi connectivity index (χ0v) is 22.5. The summed E-state index contributed by atoms with van der Waals surface area (Å²) in [7, 11) is 1.37. The van der Waals surface area contributed by atoms with E-state index in [1.165, 1.54) is 7.11 Å². The molecule has 2 atom stereocenters. The second-order valence-electron chi connectivity index (χ2n) is 9.24. The van der Waals surface area contributed by atoms with Crippen molar-refractivity contribution < 1.29 is 14.3 Å². The van der Waals surface area contributed by atoms with Gasteiger partial charge in [0, 0.05) is 36.7 Å². The first-order chi connectivity index (χ1) is 19.0. The number of hydrogen-bond donors (Lipinski definition) is 2. The summed E-state index contributed by atoms with van der Waals surface area (Å²) in [5, 5.41) is 6.97. The molecule has 0 spiro atoms. The van der Waals surface area contributed by atoms with E-state index in [4.69, 9.17) is 17.0 Å². The summed E-state index contributed by atoms with van der Waals surface area (Å²) in [6, 6.07) is 24.1. The first-order valence-corrected chi connectivity index (χ1v) is 13.1. The highest BCUT2D eigenvalue weighted by atomic mass is 32.1. The Balaban J connectivity index is 1.49. The van der Waals surface area contributed by atoms with Crippen molar-refractivity contribution in [2.45, 2.75) is 25.4 Å². The molecule has 0 unspecified atom stereocenters. The number of ether oxygens (including phenoxy) is 1. The Morgan fingerprint density at radius 2 is 1.79 bits per heavy atom. The van der Waals surface area contributed by atoms with Crippen LogP contribution in [-0.4, -0.2) is 45.1 Å². The van der Waals surface area contributed by atoms with E-state index in [1.54, 1.807) is 18.3 Å². The molecule has 2 N–H and O–H groups in total. The first kappa shape index (κ1) is 26.1. The SMILES string of the molecule is COC(=O)c1ccccc1-n1cccc1[C@@H]1[C@@H](c2ccccn2)NC(=S)N1CCC(=O)Nc1ccccc1C. The van der Waals surface area contributed by atoms with E-state index in [9.17, 15) is 9.59 Å². The number of thiocarbonyl (C=S) groups is 1. The van der Waals surface area contributed by atoms with E-state index in [0.29, 0.717) is 22.9 Å². The molecule has 0 aliphatic carbocycles. The lowest BCUT2D eigenvalue weighted by molar-refractivity contribution is -0.116. The molecule has 1 aliphatic heterocycles. The van der Waals surface area contributed by atoms with Gasteiger partial charge in [-0.25, -0.2) is 4.79 Å². The molecular weight excluding hydrogens is 510 g/mol. The highest BCUT2D eigenvalue weighted by Gasteiger charge is 2.41. The van der Waals surface area contributed by atoms with Crippen LogP contribution in [-0.2, 0) is 9.53 Å². The summed E-state index contributed by atoms with van der Waals surface area (Å²) in [5.41, 5.74) is 4.66. The van der Waals surface area contributed by atoms with Gasteiger partial charge in [0.2, 0.25) is 5.91 Å². The molecule has 198 valence electrons. The second-order valence-corrected chi connectivity index (χ2v) is 9.63. The average molecular weight is 540 g/mol. The molecule has 1 fully saturated rings. The standard InChI is InChI=1S/C30H29N5O3S/c1-20-10-3-5-12-22(20)32-26(36)16-19-35-28(27(33-30(35)39)23-13-7-8-17-31-23)25-15-9-18-34(25)24-14-6-4-11-21(24)29(37)38-2/h3-15,17-18,27-28H,16,19H2,1-2H3,(H,32,36)(H,33,39)/t27-,28-/m1/s1. The molecule has 9 heteroatoms. The van der Waals surface area contributed by atoms with Crippen LogP contribution in [0.3, 0.4) is 0 Å². The average Bonchev–Trinajstić information content (AvgIpc) is 3.57. The number of benzene rings is 2. The van der Waals surface area contributed by atoms with Crippen molar-refractivity contribution in [3.63, 3.8) is 0 Å². The van der Waals surface area contributed by atoms with Gasteiger partial charge in [0.15, 0.2) is 5.11 Å². The number of rotatable bonds is 8. The third-order valence-electron chi connectivity index (χ3n) is 6.85. The van der Waals surface area contributed by atoms with E-state index < -0.39 is 5.97 Å². The van der Waals surface area contributed by atoms with Crippen LogP contribution in [0.1, 0.15) is 45.8 Å². The van der Waals surface area contributed by atoms with Gasteiger partial charge >= 0.3 is 5.97 Å². The van der Waals surface area contributed by atoms with E-state index in [0.717, 1.165) is 22.6 Å². The Hall–Kier alpha value is -4.50. The van der Waals surface area contributed by atoms with E-state index in [1.807, 2.05) is 89.3 Å². The molecule has 0 saturated carbocycles. The lowest BCUT2D eigenvalue weighted by Gasteiger charge is -2.29. The van der Waals surface area contributed by atoms with Gasteiger partial charge in [-0.1, -0.05) is 36.4 Å². The number of aromatic nitrogens is 2. The maximum absolute atomic E-state index is 12.9.